The Bertz CT molecular complexity index is 724. The summed E-state index contributed by atoms with van der Waals surface area (Å²) in [5.41, 5.74) is 1.89. The largest absolute Gasteiger partial charge is 0.463 e. The van der Waals surface area contributed by atoms with E-state index < -0.39 is 0 Å². The van der Waals surface area contributed by atoms with E-state index in [1.54, 1.807) is 36.3 Å². The molecule has 2 aromatic heterocycles. The lowest BCUT2D eigenvalue weighted by atomic mass is 9.97. The van der Waals surface area contributed by atoms with Crippen LogP contribution in [0, 0.1) is 0 Å². The van der Waals surface area contributed by atoms with Gasteiger partial charge in [0, 0.05) is 21.6 Å². The number of aryl methyl sites for hydroxylation is 2. The van der Waals surface area contributed by atoms with E-state index in [0.717, 1.165) is 22.7 Å². The lowest BCUT2D eigenvalue weighted by Crippen LogP contribution is -2.08. The second-order valence-electron chi connectivity index (χ2n) is 5.18. The first-order valence-electron chi connectivity index (χ1n) is 7.43. The predicted molar refractivity (Wildman–Crippen MR) is 90.6 cm³/mol. The van der Waals surface area contributed by atoms with Crippen molar-refractivity contribution in [2.45, 2.75) is 37.6 Å². The fourth-order valence-electron chi connectivity index (χ4n) is 2.62. The molecule has 0 bridgehead atoms. The molecule has 0 fully saturated rings. The van der Waals surface area contributed by atoms with Crippen molar-refractivity contribution in [1.29, 1.82) is 0 Å². The highest BCUT2D eigenvalue weighted by Crippen LogP contribution is 2.39. The molecular weight excluding hydrogens is 316 g/mol. The van der Waals surface area contributed by atoms with Crippen LogP contribution in [0.15, 0.2) is 23.5 Å². The van der Waals surface area contributed by atoms with Crippen LogP contribution in [0.1, 0.15) is 30.2 Å². The number of nitrogens with zero attached hydrogens (tertiary/aromatic N) is 2. The second-order valence-corrected chi connectivity index (χ2v) is 7.23. The topological polar surface area (TPSA) is 52.1 Å². The summed E-state index contributed by atoms with van der Waals surface area (Å²) in [5.74, 6) is 0.169. The smallest absolute Gasteiger partial charge is 0.334 e. The molecule has 0 unspecified atom stereocenters. The first kappa shape index (κ1) is 15.5. The van der Waals surface area contributed by atoms with Gasteiger partial charge in [-0.1, -0.05) is 6.58 Å². The summed E-state index contributed by atoms with van der Waals surface area (Å²) >= 11 is 3.33. The van der Waals surface area contributed by atoms with Crippen LogP contribution in [-0.4, -0.2) is 28.3 Å². The number of ether oxygens (including phenoxy) is 1. The minimum atomic E-state index is -0.326. The van der Waals surface area contributed by atoms with Crippen LogP contribution in [0.3, 0.4) is 0 Å². The van der Waals surface area contributed by atoms with Gasteiger partial charge in [0.25, 0.3) is 0 Å². The molecule has 4 nitrogen and oxygen atoms in total. The van der Waals surface area contributed by atoms with Crippen molar-refractivity contribution in [1.82, 2.24) is 9.97 Å². The molecule has 0 N–H and O–H groups in total. The molecule has 1 aliphatic rings. The standard InChI is InChI=1S/C16H18N2O2S2/c1-3-20-16(19)10(2)8-21-14-13-11-6-4-5-7-12(11)22-15(13)18-9-17-14/h9H,2-8H2,1H3. The fraction of sp³-hybridized carbons (Fsp3) is 0.438. The Morgan fingerprint density at radius 1 is 1.41 bits per heavy atom. The maximum Gasteiger partial charge on any atom is 0.334 e. The summed E-state index contributed by atoms with van der Waals surface area (Å²) in [4.78, 5) is 23.0. The van der Waals surface area contributed by atoms with Gasteiger partial charge < -0.3 is 4.74 Å². The molecule has 3 rings (SSSR count). The molecule has 22 heavy (non-hydrogen) atoms. The van der Waals surface area contributed by atoms with Gasteiger partial charge in [-0.15, -0.1) is 23.1 Å². The molecule has 2 aromatic rings. The number of esters is 1. The van der Waals surface area contributed by atoms with Crippen molar-refractivity contribution >= 4 is 39.3 Å². The summed E-state index contributed by atoms with van der Waals surface area (Å²) in [6.45, 7) is 5.98. The van der Waals surface area contributed by atoms with Gasteiger partial charge in [0.1, 0.15) is 16.2 Å². The van der Waals surface area contributed by atoms with E-state index >= 15 is 0 Å². The molecule has 1 aliphatic carbocycles. The quantitative estimate of drug-likeness (QED) is 0.360. The molecule has 0 saturated heterocycles. The lowest BCUT2D eigenvalue weighted by Gasteiger charge is -2.11. The Hall–Kier alpha value is -1.40. The highest BCUT2D eigenvalue weighted by Gasteiger charge is 2.20. The predicted octanol–water partition coefficient (Wildman–Crippen LogP) is 3.78. The minimum Gasteiger partial charge on any atom is -0.463 e. The number of thiophene rings is 1. The zero-order valence-electron chi connectivity index (χ0n) is 12.6. The van der Waals surface area contributed by atoms with Gasteiger partial charge in [-0.3, -0.25) is 0 Å². The van der Waals surface area contributed by atoms with E-state index in [9.17, 15) is 4.79 Å². The Balaban J connectivity index is 1.83. The molecule has 0 aliphatic heterocycles. The number of hydrogen-bond donors (Lipinski definition) is 0. The number of thioether (sulfide) groups is 1. The summed E-state index contributed by atoms with van der Waals surface area (Å²) in [6, 6.07) is 0. The number of fused-ring (bicyclic) bond motifs is 3. The molecule has 0 spiro atoms. The van der Waals surface area contributed by atoms with Crippen molar-refractivity contribution in [3.8, 4) is 0 Å². The highest BCUT2D eigenvalue weighted by molar-refractivity contribution is 7.99. The zero-order valence-corrected chi connectivity index (χ0v) is 14.2. The van der Waals surface area contributed by atoms with Crippen molar-refractivity contribution < 1.29 is 9.53 Å². The maximum atomic E-state index is 11.6. The van der Waals surface area contributed by atoms with Gasteiger partial charge >= 0.3 is 5.97 Å². The average Bonchev–Trinajstić information content (AvgIpc) is 2.91. The van der Waals surface area contributed by atoms with Crippen LogP contribution < -0.4 is 0 Å². The van der Waals surface area contributed by atoms with Gasteiger partial charge in [0.05, 0.1) is 6.61 Å². The van der Waals surface area contributed by atoms with Crippen LogP contribution in [0.2, 0.25) is 0 Å². The number of carbonyl (C=O) groups is 1. The van der Waals surface area contributed by atoms with Crippen LogP contribution in [0.25, 0.3) is 10.2 Å². The fourth-order valence-corrected chi connectivity index (χ4v) is 4.83. The Morgan fingerprint density at radius 2 is 2.23 bits per heavy atom. The lowest BCUT2D eigenvalue weighted by molar-refractivity contribution is -0.138. The second kappa shape index (κ2) is 6.79. The van der Waals surface area contributed by atoms with Crippen molar-refractivity contribution in [3.05, 3.63) is 28.9 Å². The number of carbonyl (C=O) groups excluding carboxylic acids is 1. The SMILES string of the molecule is C=C(CSc1ncnc2sc3c(c12)CCCC3)C(=O)OCC. The Labute approximate surface area is 138 Å². The molecule has 0 atom stereocenters. The van der Waals surface area contributed by atoms with Gasteiger partial charge in [-0.25, -0.2) is 14.8 Å². The molecular formula is C16H18N2O2S2. The van der Waals surface area contributed by atoms with E-state index in [2.05, 4.69) is 16.5 Å². The third kappa shape index (κ3) is 3.03. The number of rotatable bonds is 5. The number of hydrogen-bond acceptors (Lipinski definition) is 6. The van der Waals surface area contributed by atoms with Crippen LogP contribution in [-0.2, 0) is 22.4 Å². The van der Waals surface area contributed by atoms with Crippen molar-refractivity contribution in [2.75, 3.05) is 12.4 Å². The summed E-state index contributed by atoms with van der Waals surface area (Å²) < 4.78 is 4.97. The maximum absolute atomic E-state index is 11.6. The van der Waals surface area contributed by atoms with E-state index in [4.69, 9.17) is 4.74 Å². The van der Waals surface area contributed by atoms with Crippen molar-refractivity contribution in [3.63, 3.8) is 0 Å². The van der Waals surface area contributed by atoms with E-state index in [1.165, 1.54) is 28.7 Å². The van der Waals surface area contributed by atoms with Gasteiger partial charge in [-0.2, -0.15) is 0 Å². The molecule has 2 heterocycles. The zero-order chi connectivity index (χ0) is 15.5. The molecule has 0 amide bonds. The average molecular weight is 334 g/mol. The van der Waals surface area contributed by atoms with Crippen molar-refractivity contribution in [2.24, 2.45) is 0 Å². The van der Waals surface area contributed by atoms with E-state index in [-0.39, 0.29) is 5.97 Å². The monoisotopic (exact) mass is 334 g/mol. The Kier molecular flexibility index (Phi) is 4.78. The molecule has 6 heteroatoms. The molecule has 116 valence electrons. The molecule has 0 aromatic carbocycles. The van der Waals surface area contributed by atoms with Crippen LogP contribution >= 0.6 is 23.1 Å². The minimum absolute atomic E-state index is 0.326. The van der Waals surface area contributed by atoms with Crippen LogP contribution in [0.4, 0.5) is 0 Å². The summed E-state index contributed by atoms with van der Waals surface area (Å²) in [5, 5.41) is 2.14. The van der Waals surface area contributed by atoms with Crippen LogP contribution in [0.5, 0.6) is 0 Å². The third-order valence-electron chi connectivity index (χ3n) is 3.66. The van der Waals surface area contributed by atoms with E-state index in [0.29, 0.717) is 17.9 Å². The molecule has 0 radical (unpaired) electrons. The first-order chi connectivity index (χ1) is 10.7. The first-order valence-corrected chi connectivity index (χ1v) is 9.23. The van der Waals surface area contributed by atoms with Gasteiger partial charge in [0.2, 0.25) is 0 Å². The van der Waals surface area contributed by atoms with Gasteiger partial charge in [0.15, 0.2) is 0 Å². The molecule has 0 saturated carbocycles. The van der Waals surface area contributed by atoms with Gasteiger partial charge in [-0.05, 0) is 38.2 Å². The summed E-state index contributed by atoms with van der Waals surface area (Å²) in [7, 11) is 0. The Morgan fingerprint density at radius 3 is 3.05 bits per heavy atom. The normalized spacial score (nSPS) is 13.9. The highest BCUT2D eigenvalue weighted by atomic mass is 32.2. The van der Waals surface area contributed by atoms with E-state index in [1.807, 2.05) is 0 Å². The number of aromatic nitrogens is 2. The summed E-state index contributed by atoms with van der Waals surface area (Å²) in [6.07, 6.45) is 6.35. The third-order valence-corrected chi connectivity index (χ3v) is 5.94.